The van der Waals surface area contributed by atoms with Crippen LogP contribution in [0.15, 0.2) is 72.8 Å². The first-order valence-electron chi connectivity index (χ1n) is 8.82. The summed E-state index contributed by atoms with van der Waals surface area (Å²) in [6.45, 7) is 2.36. The molecule has 0 aliphatic carbocycles. The average Bonchev–Trinajstić information content (AvgIpc) is 2.68. The van der Waals surface area contributed by atoms with Gasteiger partial charge in [-0.2, -0.15) is 0 Å². The fourth-order valence-electron chi connectivity index (χ4n) is 3.21. The molecule has 0 fully saturated rings. The highest BCUT2D eigenvalue weighted by molar-refractivity contribution is 5.86. The lowest BCUT2D eigenvalue weighted by Gasteiger charge is -2.25. The van der Waals surface area contributed by atoms with Crippen molar-refractivity contribution >= 4 is 16.9 Å². The lowest BCUT2D eigenvalue weighted by atomic mass is 9.87. The molecule has 0 radical (unpaired) electrons. The van der Waals surface area contributed by atoms with Gasteiger partial charge in [-0.1, -0.05) is 72.8 Å². The fraction of sp³-hybridized carbons (Fsp3) is 0.227. The number of ether oxygens (including phenoxy) is 1. The summed E-state index contributed by atoms with van der Waals surface area (Å²) < 4.78 is 4.95. The molecule has 1 amide bonds. The SMILES string of the molecule is CCOC(=O)NCC(c1ccccc1)C(O)c1cccc2ccccc12. The largest absolute Gasteiger partial charge is 0.450 e. The Hall–Kier alpha value is -2.85. The number of fused-ring (bicyclic) bond motifs is 1. The maximum absolute atomic E-state index is 11.7. The van der Waals surface area contributed by atoms with Crippen LogP contribution in [0.1, 0.15) is 30.1 Å². The molecule has 0 spiro atoms. The van der Waals surface area contributed by atoms with Gasteiger partial charge in [-0.15, -0.1) is 0 Å². The van der Waals surface area contributed by atoms with E-state index >= 15 is 0 Å². The summed E-state index contributed by atoms with van der Waals surface area (Å²) in [6, 6.07) is 23.6. The van der Waals surface area contributed by atoms with Crippen LogP contribution < -0.4 is 5.32 Å². The Kier molecular flexibility index (Phi) is 5.87. The van der Waals surface area contributed by atoms with Crippen LogP contribution in [0.2, 0.25) is 0 Å². The molecule has 0 saturated carbocycles. The Morgan fingerprint density at radius 3 is 2.46 bits per heavy atom. The van der Waals surface area contributed by atoms with Crippen molar-refractivity contribution in [2.45, 2.75) is 18.9 Å². The first kappa shape index (κ1) is 18.0. The second-order valence-electron chi connectivity index (χ2n) is 6.13. The highest BCUT2D eigenvalue weighted by atomic mass is 16.5. The number of nitrogens with one attached hydrogen (secondary N) is 1. The molecular formula is C22H23NO3. The van der Waals surface area contributed by atoms with Gasteiger partial charge in [0.05, 0.1) is 12.7 Å². The van der Waals surface area contributed by atoms with Gasteiger partial charge in [0.1, 0.15) is 0 Å². The fourth-order valence-corrected chi connectivity index (χ4v) is 3.21. The highest BCUT2D eigenvalue weighted by Crippen LogP contribution is 2.34. The topological polar surface area (TPSA) is 58.6 Å². The van der Waals surface area contributed by atoms with Crippen LogP contribution in [0.5, 0.6) is 0 Å². The number of carbonyl (C=O) groups excluding carboxylic acids is 1. The van der Waals surface area contributed by atoms with Gasteiger partial charge in [0.25, 0.3) is 0 Å². The molecule has 26 heavy (non-hydrogen) atoms. The Bertz CT molecular complexity index is 858. The van der Waals surface area contributed by atoms with E-state index in [1.165, 1.54) is 0 Å². The summed E-state index contributed by atoms with van der Waals surface area (Å²) >= 11 is 0. The van der Waals surface area contributed by atoms with Crippen molar-refractivity contribution in [1.82, 2.24) is 5.32 Å². The van der Waals surface area contributed by atoms with Crippen molar-refractivity contribution in [3.05, 3.63) is 83.9 Å². The quantitative estimate of drug-likeness (QED) is 0.693. The minimum absolute atomic E-state index is 0.285. The number of rotatable bonds is 6. The molecular weight excluding hydrogens is 326 g/mol. The maximum Gasteiger partial charge on any atom is 0.407 e. The Labute approximate surface area is 153 Å². The zero-order valence-electron chi connectivity index (χ0n) is 14.8. The van der Waals surface area contributed by atoms with E-state index < -0.39 is 12.2 Å². The van der Waals surface area contributed by atoms with E-state index in [-0.39, 0.29) is 12.5 Å². The van der Waals surface area contributed by atoms with Crippen LogP contribution in [0.25, 0.3) is 10.8 Å². The molecule has 0 aromatic heterocycles. The number of aliphatic hydroxyl groups excluding tert-OH is 1. The second-order valence-corrected chi connectivity index (χ2v) is 6.13. The van der Waals surface area contributed by atoms with Crippen LogP contribution in [-0.4, -0.2) is 24.4 Å². The summed E-state index contributed by atoms with van der Waals surface area (Å²) in [6.07, 6.45) is -1.23. The predicted octanol–water partition coefficient (Wildman–Crippen LogP) is 4.40. The lowest BCUT2D eigenvalue weighted by molar-refractivity contribution is 0.132. The summed E-state index contributed by atoms with van der Waals surface area (Å²) in [7, 11) is 0. The van der Waals surface area contributed by atoms with Gasteiger partial charge in [0.2, 0.25) is 0 Å². The van der Waals surface area contributed by atoms with E-state index in [1.807, 2.05) is 72.8 Å². The molecule has 0 heterocycles. The molecule has 2 atom stereocenters. The predicted molar refractivity (Wildman–Crippen MR) is 103 cm³/mol. The number of aliphatic hydroxyl groups is 1. The van der Waals surface area contributed by atoms with Crippen molar-refractivity contribution in [2.75, 3.05) is 13.2 Å². The normalized spacial score (nSPS) is 13.2. The van der Waals surface area contributed by atoms with E-state index in [1.54, 1.807) is 6.92 Å². The zero-order valence-corrected chi connectivity index (χ0v) is 14.8. The first-order valence-corrected chi connectivity index (χ1v) is 8.82. The Morgan fingerprint density at radius 2 is 1.69 bits per heavy atom. The van der Waals surface area contributed by atoms with Crippen molar-refractivity contribution < 1.29 is 14.6 Å². The molecule has 4 nitrogen and oxygen atoms in total. The number of hydrogen-bond donors (Lipinski definition) is 2. The standard InChI is InChI=1S/C22H23NO3/c1-2-26-22(25)23-15-20(17-9-4-3-5-10-17)21(24)19-14-8-12-16-11-6-7-13-18(16)19/h3-14,20-21,24H,2,15H2,1H3,(H,23,25). The molecule has 3 aromatic rings. The van der Waals surface area contributed by atoms with Gasteiger partial charge in [0.15, 0.2) is 0 Å². The summed E-state index contributed by atoms with van der Waals surface area (Å²) in [5.74, 6) is -0.286. The zero-order chi connectivity index (χ0) is 18.4. The Morgan fingerprint density at radius 1 is 1.00 bits per heavy atom. The van der Waals surface area contributed by atoms with Crippen molar-refractivity contribution in [2.24, 2.45) is 0 Å². The van der Waals surface area contributed by atoms with Crippen LogP contribution in [0.3, 0.4) is 0 Å². The van der Waals surface area contributed by atoms with Crippen LogP contribution in [0, 0.1) is 0 Å². The van der Waals surface area contributed by atoms with Crippen molar-refractivity contribution in [3.8, 4) is 0 Å². The Balaban J connectivity index is 1.93. The van der Waals surface area contributed by atoms with Crippen LogP contribution in [0.4, 0.5) is 4.79 Å². The summed E-state index contributed by atoms with van der Waals surface area (Å²) in [5.41, 5.74) is 1.81. The van der Waals surface area contributed by atoms with Gasteiger partial charge in [-0.25, -0.2) is 4.79 Å². The molecule has 4 heteroatoms. The maximum atomic E-state index is 11.7. The molecule has 2 N–H and O–H groups in total. The lowest BCUT2D eigenvalue weighted by Crippen LogP contribution is -2.31. The van der Waals surface area contributed by atoms with E-state index in [2.05, 4.69) is 5.32 Å². The molecule has 134 valence electrons. The third kappa shape index (κ3) is 4.03. The minimum atomic E-state index is -0.759. The highest BCUT2D eigenvalue weighted by Gasteiger charge is 2.25. The van der Waals surface area contributed by atoms with E-state index in [4.69, 9.17) is 4.74 Å². The monoisotopic (exact) mass is 349 g/mol. The molecule has 3 rings (SSSR count). The third-order valence-electron chi connectivity index (χ3n) is 4.49. The number of alkyl carbamates (subject to hydrolysis) is 1. The molecule has 3 aromatic carbocycles. The molecule has 0 saturated heterocycles. The van der Waals surface area contributed by atoms with Crippen LogP contribution >= 0.6 is 0 Å². The molecule has 0 bridgehead atoms. The molecule has 0 aliphatic heterocycles. The summed E-state index contributed by atoms with van der Waals surface area (Å²) in [4.78, 5) is 11.7. The van der Waals surface area contributed by atoms with E-state index in [9.17, 15) is 9.90 Å². The van der Waals surface area contributed by atoms with Crippen molar-refractivity contribution in [1.29, 1.82) is 0 Å². The number of amides is 1. The minimum Gasteiger partial charge on any atom is -0.450 e. The third-order valence-corrected chi connectivity index (χ3v) is 4.49. The van der Waals surface area contributed by atoms with Crippen molar-refractivity contribution in [3.63, 3.8) is 0 Å². The molecule has 0 aliphatic rings. The van der Waals surface area contributed by atoms with E-state index in [0.717, 1.165) is 21.9 Å². The smallest absolute Gasteiger partial charge is 0.407 e. The van der Waals surface area contributed by atoms with E-state index in [0.29, 0.717) is 6.61 Å². The van der Waals surface area contributed by atoms with Gasteiger partial charge in [0, 0.05) is 12.5 Å². The number of carbonyl (C=O) groups is 1. The average molecular weight is 349 g/mol. The van der Waals surface area contributed by atoms with Gasteiger partial charge in [-0.05, 0) is 28.8 Å². The number of benzene rings is 3. The molecule has 2 unspecified atom stereocenters. The van der Waals surface area contributed by atoms with Gasteiger partial charge < -0.3 is 15.2 Å². The number of hydrogen-bond acceptors (Lipinski definition) is 3. The second kappa shape index (κ2) is 8.50. The first-order chi connectivity index (χ1) is 12.7. The van der Waals surface area contributed by atoms with Crippen LogP contribution in [-0.2, 0) is 4.74 Å². The summed E-state index contributed by atoms with van der Waals surface area (Å²) in [5, 5.41) is 16.0. The van der Waals surface area contributed by atoms with Gasteiger partial charge in [-0.3, -0.25) is 0 Å². The van der Waals surface area contributed by atoms with Gasteiger partial charge >= 0.3 is 6.09 Å².